The van der Waals surface area contributed by atoms with E-state index in [-0.39, 0.29) is 30.7 Å². The molecule has 7 heteroatoms. The molecule has 2 rings (SSSR count). The van der Waals surface area contributed by atoms with Crippen molar-refractivity contribution in [2.75, 3.05) is 38.2 Å². The van der Waals surface area contributed by atoms with Gasteiger partial charge in [-0.1, -0.05) is 0 Å². The Morgan fingerprint density at radius 3 is 2.63 bits per heavy atom. The highest BCUT2D eigenvalue weighted by molar-refractivity contribution is 7.99. The third-order valence-corrected chi connectivity index (χ3v) is 4.64. The highest BCUT2D eigenvalue weighted by atomic mass is 35.5. The van der Waals surface area contributed by atoms with Crippen molar-refractivity contribution in [3.63, 3.8) is 0 Å². The average molecular weight is 330 g/mol. The minimum Gasteiger partial charge on any atom is -0.353 e. The zero-order valence-electron chi connectivity index (χ0n) is 11.4. The van der Waals surface area contributed by atoms with Gasteiger partial charge in [0.05, 0.1) is 0 Å². The van der Waals surface area contributed by atoms with Crippen LogP contribution in [-0.2, 0) is 4.79 Å². The number of thioether (sulfide) groups is 1. The van der Waals surface area contributed by atoms with Crippen molar-refractivity contribution < 1.29 is 4.79 Å². The molecule has 2 saturated heterocycles. The quantitative estimate of drug-likeness (QED) is 0.814. The summed E-state index contributed by atoms with van der Waals surface area (Å²) in [5, 5.41) is 6.58. The lowest BCUT2D eigenvalue weighted by Crippen LogP contribution is -2.46. The Labute approximate surface area is 132 Å². The number of carbonyl (C=O) groups is 1. The minimum atomic E-state index is 0. The lowest BCUT2D eigenvalue weighted by molar-refractivity contribution is -0.122. The number of hydrogen-bond acceptors (Lipinski definition) is 4. The fourth-order valence-corrected chi connectivity index (χ4v) is 3.36. The first kappa shape index (κ1) is 19.3. The van der Waals surface area contributed by atoms with Gasteiger partial charge in [0.15, 0.2) is 0 Å². The summed E-state index contributed by atoms with van der Waals surface area (Å²) < 4.78 is 0. The Balaban J connectivity index is 0.00000162. The molecule has 0 radical (unpaired) electrons. The zero-order chi connectivity index (χ0) is 12.1. The SMILES string of the molecule is CN1CCC(NC(=O)CC2CSCCN2)CC1.Cl.Cl. The summed E-state index contributed by atoms with van der Waals surface area (Å²) in [5.41, 5.74) is 0. The standard InChI is InChI=1S/C12H23N3OS.2ClH/c1-15-5-2-10(3-6-15)14-12(16)8-11-9-17-7-4-13-11;;/h10-11,13H,2-9H2,1H3,(H,14,16);2*1H. The Bertz CT molecular complexity index is 257. The molecule has 1 atom stereocenters. The van der Waals surface area contributed by atoms with Crippen LogP contribution in [0.2, 0.25) is 0 Å². The van der Waals surface area contributed by atoms with E-state index in [1.165, 1.54) is 5.75 Å². The van der Waals surface area contributed by atoms with Crippen molar-refractivity contribution in [2.24, 2.45) is 0 Å². The minimum absolute atomic E-state index is 0. The van der Waals surface area contributed by atoms with Crippen molar-refractivity contribution in [3.8, 4) is 0 Å². The van der Waals surface area contributed by atoms with Gasteiger partial charge in [0.1, 0.15) is 0 Å². The largest absolute Gasteiger partial charge is 0.353 e. The van der Waals surface area contributed by atoms with Gasteiger partial charge >= 0.3 is 0 Å². The maximum Gasteiger partial charge on any atom is 0.221 e. The maximum atomic E-state index is 11.9. The van der Waals surface area contributed by atoms with Gasteiger partial charge in [-0.2, -0.15) is 11.8 Å². The first-order valence-corrected chi connectivity index (χ1v) is 7.68. The van der Waals surface area contributed by atoms with Gasteiger partial charge in [-0.3, -0.25) is 4.79 Å². The summed E-state index contributed by atoms with van der Waals surface area (Å²) in [6.07, 6.45) is 2.82. The van der Waals surface area contributed by atoms with Crippen molar-refractivity contribution in [1.29, 1.82) is 0 Å². The van der Waals surface area contributed by atoms with Gasteiger partial charge in [0.2, 0.25) is 5.91 Å². The molecule has 2 N–H and O–H groups in total. The summed E-state index contributed by atoms with van der Waals surface area (Å²) in [5.74, 6) is 2.47. The summed E-state index contributed by atoms with van der Waals surface area (Å²) in [4.78, 5) is 14.2. The van der Waals surface area contributed by atoms with Crippen LogP contribution >= 0.6 is 36.6 Å². The molecule has 0 saturated carbocycles. The van der Waals surface area contributed by atoms with E-state index < -0.39 is 0 Å². The van der Waals surface area contributed by atoms with E-state index in [4.69, 9.17) is 0 Å². The molecular formula is C12H25Cl2N3OS. The van der Waals surface area contributed by atoms with Crippen LogP contribution in [0, 0.1) is 0 Å². The second kappa shape index (κ2) is 10.1. The first-order chi connectivity index (χ1) is 8.24. The molecule has 0 aromatic heterocycles. The van der Waals surface area contributed by atoms with E-state index in [0.29, 0.717) is 18.5 Å². The third kappa shape index (κ3) is 7.04. The average Bonchev–Trinajstić information content (AvgIpc) is 2.33. The molecule has 0 spiro atoms. The van der Waals surface area contributed by atoms with Crippen LogP contribution in [0.3, 0.4) is 0 Å². The number of hydrogen-bond donors (Lipinski definition) is 2. The first-order valence-electron chi connectivity index (χ1n) is 6.53. The number of amides is 1. The van der Waals surface area contributed by atoms with Gasteiger partial charge in [0, 0.05) is 36.6 Å². The number of piperidine rings is 1. The molecule has 2 fully saturated rings. The molecular weight excluding hydrogens is 305 g/mol. The van der Waals surface area contributed by atoms with Crippen molar-refractivity contribution in [2.45, 2.75) is 31.3 Å². The monoisotopic (exact) mass is 329 g/mol. The fraction of sp³-hybridized carbons (Fsp3) is 0.917. The summed E-state index contributed by atoms with van der Waals surface area (Å²) >= 11 is 1.94. The number of carbonyl (C=O) groups excluding carboxylic acids is 1. The number of nitrogens with one attached hydrogen (secondary N) is 2. The second-order valence-electron chi connectivity index (χ2n) is 5.08. The van der Waals surface area contributed by atoms with Crippen LogP contribution in [0.4, 0.5) is 0 Å². The van der Waals surface area contributed by atoms with Crippen LogP contribution in [0.15, 0.2) is 0 Å². The number of likely N-dealkylation sites (tertiary alicyclic amines) is 1. The van der Waals surface area contributed by atoms with E-state index in [9.17, 15) is 4.79 Å². The van der Waals surface area contributed by atoms with Crippen molar-refractivity contribution >= 4 is 42.5 Å². The van der Waals surface area contributed by atoms with Gasteiger partial charge in [-0.15, -0.1) is 24.8 Å². The molecule has 2 aliphatic rings. The van der Waals surface area contributed by atoms with Gasteiger partial charge in [-0.25, -0.2) is 0 Å². The Hall–Kier alpha value is 0.320. The number of nitrogens with zero attached hydrogens (tertiary/aromatic N) is 1. The second-order valence-corrected chi connectivity index (χ2v) is 6.22. The van der Waals surface area contributed by atoms with E-state index in [1.54, 1.807) is 0 Å². The van der Waals surface area contributed by atoms with Crippen LogP contribution in [0.5, 0.6) is 0 Å². The van der Waals surface area contributed by atoms with Crippen molar-refractivity contribution in [1.82, 2.24) is 15.5 Å². The van der Waals surface area contributed by atoms with Gasteiger partial charge in [0.25, 0.3) is 0 Å². The molecule has 0 bridgehead atoms. The smallest absolute Gasteiger partial charge is 0.221 e. The summed E-state index contributed by atoms with van der Waals surface area (Å²) in [6.45, 7) is 3.24. The Kier molecular flexibility index (Phi) is 10.3. The Morgan fingerprint density at radius 2 is 2.05 bits per heavy atom. The molecule has 2 heterocycles. The van der Waals surface area contributed by atoms with Crippen molar-refractivity contribution in [3.05, 3.63) is 0 Å². The van der Waals surface area contributed by atoms with E-state index in [2.05, 4.69) is 22.6 Å². The summed E-state index contributed by atoms with van der Waals surface area (Å²) in [6, 6.07) is 0.773. The lowest BCUT2D eigenvalue weighted by Gasteiger charge is -2.30. The predicted octanol–water partition coefficient (Wildman–Crippen LogP) is 1.14. The van der Waals surface area contributed by atoms with E-state index in [0.717, 1.165) is 38.2 Å². The predicted molar refractivity (Wildman–Crippen MR) is 86.9 cm³/mol. The lowest BCUT2D eigenvalue weighted by atomic mass is 10.1. The van der Waals surface area contributed by atoms with Gasteiger partial charge < -0.3 is 15.5 Å². The zero-order valence-corrected chi connectivity index (χ0v) is 13.8. The molecule has 2 aliphatic heterocycles. The molecule has 1 amide bonds. The molecule has 19 heavy (non-hydrogen) atoms. The fourth-order valence-electron chi connectivity index (χ4n) is 2.41. The summed E-state index contributed by atoms with van der Waals surface area (Å²) in [7, 11) is 2.14. The molecule has 4 nitrogen and oxygen atoms in total. The normalized spacial score (nSPS) is 25.0. The highest BCUT2D eigenvalue weighted by Gasteiger charge is 2.21. The van der Waals surface area contributed by atoms with E-state index in [1.807, 2.05) is 11.8 Å². The Morgan fingerprint density at radius 1 is 1.37 bits per heavy atom. The molecule has 0 aromatic carbocycles. The molecule has 1 unspecified atom stereocenters. The van der Waals surface area contributed by atoms with Crippen LogP contribution in [-0.4, -0.2) is 61.1 Å². The van der Waals surface area contributed by atoms with Crippen LogP contribution in [0.1, 0.15) is 19.3 Å². The molecule has 0 aliphatic carbocycles. The molecule has 114 valence electrons. The molecule has 0 aromatic rings. The van der Waals surface area contributed by atoms with Crippen LogP contribution < -0.4 is 10.6 Å². The topological polar surface area (TPSA) is 44.4 Å². The third-order valence-electron chi connectivity index (χ3n) is 3.51. The number of halogens is 2. The highest BCUT2D eigenvalue weighted by Crippen LogP contribution is 2.12. The number of rotatable bonds is 3. The maximum absolute atomic E-state index is 11.9. The van der Waals surface area contributed by atoms with Gasteiger partial charge in [-0.05, 0) is 33.0 Å². The van der Waals surface area contributed by atoms with E-state index >= 15 is 0 Å². The van der Waals surface area contributed by atoms with Crippen LogP contribution in [0.25, 0.3) is 0 Å².